The van der Waals surface area contributed by atoms with Crippen LogP contribution in [0, 0.1) is 13.8 Å². The van der Waals surface area contributed by atoms with Gasteiger partial charge in [-0.1, -0.05) is 0 Å². The van der Waals surface area contributed by atoms with Crippen LogP contribution >= 0.6 is 0 Å². The van der Waals surface area contributed by atoms with Crippen LogP contribution in [0.25, 0.3) is 11.2 Å². The van der Waals surface area contributed by atoms with Crippen molar-refractivity contribution in [2.45, 2.75) is 89.3 Å². The smallest absolute Gasteiger partial charge is 0.181 e. The van der Waals surface area contributed by atoms with Crippen LogP contribution in [0.1, 0.15) is 86.8 Å². The Morgan fingerprint density at radius 2 is 1.71 bits per heavy atom. The van der Waals surface area contributed by atoms with E-state index in [-0.39, 0.29) is 18.8 Å². The fourth-order valence-corrected chi connectivity index (χ4v) is 4.42. The summed E-state index contributed by atoms with van der Waals surface area (Å²) >= 11 is 0. The zero-order valence-electron chi connectivity index (χ0n) is 20.8. The van der Waals surface area contributed by atoms with Crippen molar-refractivity contribution < 1.29 is 13.5 Å². The highest BCUT2D eigenvalue weighted by Crippen LogP contribution is 2.41. The van der Waals surface area contributed by atoms with E-state index < -0.39 is 12.3 Å². The lowest BCUT2D eigenvalue weighted by molar-refractivity contribution is 0.0675. The fourth-order valence-electron chi connectivity index (χ4n) is 4.42. The molecule has 35 heavy (non-hydrogen) atoms. The maximum atomic E-state index is 14.0. The Morgan fingerprint density at radius 3 is 2.26 bits per heavy atom. The SMILES string of the molecule is C1CCOCC1.Cc1nc2ncnc(C3CCC(F)(CF)CC3)c2nc1C.c1cnn(C2CC2)c1. The first-order valence-electron chi connectivity index (χ1n) is 12.8. The average molecular weight is 487 g/mol. The highest BCUT2D eigenvalue weighted by atomic mass is 19.2. The maximum absolute atomic E-state index is 14.0. The number of rotatable bonds is 3. The summed E-state index contributed by atoms with van der Waals surface area (Å²) in [6, 6.07) is 2.71. The van der Waals surface area contributed by atoms with Crippen molar-refractivity contribution in [3.05, 3.63) is 41.9 Å². The second kappa shape index (κ2) is 11.9. The van der Waals surface area contributed by atoms with E-state index in [4.69, 9.17) is 4.74 Å². The number of hydrogen-bond donors (Lipinski definition) is 0. The summed E-state index contributed by atoms with van der Waals surface area (Å²) in [6.07, 6.45) is 13.5. The number of hydrogen-bond acceptors (Lipinski definition) is 6. The Balaban J connectivity index is 0.000000166. The normalized spacial score (nSPS) is 24.2. The molecule has 190 valence electrons. The van der Waals surface area contributed by atoms with Crippen LogP contribution in [0.5, 0.6) is 0 Å². The van der Waals surface area contributed by atoms with Crippen molar-refractivity contribution in [2.24, 2.45) is 0 Å². The predicted octanol–water partition coefficient (Wildman–Crippen LogP) is 5.78. The summed E-state index contributed by atoms with van der Waals surface area (Å²) in [7, 11) is 0. The molecule has 6 rings (SSSR count). The summed E-state index contributed by atoms with van der Waals surface area (Å²) in [5.41, 5.74) is 2.12. The lowest BCUT2D eigenvalue weighted by atomic mass is 9.79. The summed E-state index contributed by atoms with van der Waals surface area (Å²) in [6.45, 7) is 4.89. The second-order valence-corrected chi connectivity index (χ2v) is 9.77. The molecule has 0 aromatic carbocycles. The molecule has 0 N–H and O–H groups in total. The molecule has 9 heteroatoms. The van der Waals surface area contributed by atoms with E-state index in [1.165, 1.54) is 38.4 Å². The molecule has 1 aliphatic heterocycles. The molecule has 0 unspecified atom stereocenters. The molecule has 0 spiro atoms. The molecule has 0 radical (unpaired) electrons. The van der Waals surface area contributed by atoms with Crippen LogP contribution in [0.4, 0.5) is 8.78 Å². The molecule has 0 bridgehead atoms. The molecule has 3 aromatic rings. The number of halogens is 2. The zero-order valence-corrected chi connectivity index (χ0v) is 20.8. The van der Waals surface area contributed by atoms with Gasteiger partial charge in [0.15, 0.2) is 5.65 Å². The number of aryl methyl sites for hydroxylation is 2. The molecule has 0 atom stereocenters. The average Bonchev–Trinajstić information content (AvgIpc) is 3.60. The van der Waals surface area contributed by atoms with E-state index in [1.807, 2.05) is 37.0 Å². The van der Waals surface area contributed by atoms with E-state index in [0.717, 1.165) is 36.3 Å². The monoisotopic (exact) mass is 486 g/mol. The highest BCUT2D eigenvalue weighted by molar-refractivity contribution is 5.73. The van der Waals surface area contributed by atoms with Crippen LogP contribution < -0.4 is 0 Å². The number of aromatic nitrogens is 6. The predicted molar refractivity (Wildman–Crippen MR) is 131 cm³/mol. The quantitative estimate of drug-likeness (QED) is 0.467. The van der Waals surface area contributed by atoms with Crippen LogP contribution in [0.2, 0.25) is 0 Å². The third kappa shape index (κ3) is 6.99. The molecule has 1 saturated heterocycles. The third-order valence-electron chi connectivity index (χ3n) is 6.94. The maximum Gasteiger partial charge on any atom is 0.181 e. The van der Waals surface area contributed by atoms with Crippen molar-refractivity contribution >= 4 is 11.2 Å². The van der Waals surface area contributed by atoms with Gasteiger partial charge < -0.3 is 4.74 Å². The first kappa shape index (κ1) is 25.5. The second-order valence-electron chi connectivity index (χ2n) is 9.77. The number of fused-ring (bicyclic) bond motifs is 1. The van der Waals surface area contributed by atoms with Gasteiger partial charge in [0.2, 0.25) is 0 Å². The van der Waals surface area contributed by atoms with Crippen LogP contribution in [-0.2, 0) is 4.74 Å². The fraction of sp³-hybridized carbons (Fsp3) is 0.654. The minimum atomic E-state index is -1.66. The summed E-state index contributed by atoms with van der Waals surface area (Å²) in [4.78, 5) is 17.5. The first-order chi connectivity index (χ1) is 17.0. The van der Waals surface area contributed by atoms with E-state index in [9.17, 15) is 8.78 Å². The topological polar surface area (TPSA) is 78.6 Å². The van der Waals surface area contributed by atoms with Crippen molar-refractivity contribution in [1.82, 2.24) is 29.7 Å². The largest absolute Gasteiger partial charge is 0.381 e. The number of ether oxygens (including phenoxy) is 1. The molecule has 2 aliphatic carbocycles. The van der Waals surface area contributed by atoms with Gasteiger partial charge in [0.1, 0.15) is 24.2 Å². The summed E-state index contributed by atoms with van der Waals surface area (Å²) in [5, 5.41) is 4.09. The van der Waals surface area contributed by atoms with Crippen LogP contribution in [-0.4, -0.2) is 55.3 Å². The lowest BCUT2D eigenvalue weighted by Crippen LogP contribution is -2.31. The molecule has 0 amide bonds. The van der Waals surface area contributed by atoms with Gasteiger partial charge in [0.25, 0.3) is 0 Å². The van der Waals surface area contributed by atoms with Gasteiger partial charge in [-0.25, -0.2) is 28.7 Å². The van der Waals surface area contributed by atoms with Crippen LogP contribution in [0.15, 0.2) is 24.8 Å². The van der Waals surface area contributed by atoms with Crippen molar-refractivity contribution in [2.75, 3.05) is 19.9 Å². The van der Waals surface area contributed by atoms with E-state index in [1.54, 1.807) is 0 Å². The molecular formula is C26H36F2N6O. The molecular weight excluding hydrogens is 450 g/mol. The summed E-state index contributed by atoms with van der Waals surface area (Å²) < 4.78 is 33.8. The Bertz CT molecular complexity index is 1050. The van der Waals surface area contributed by atoms with Crippen molar-refractivity contribution in [3.8, 4) is 0 Å². The van der Waals surface area contributed by atoms with E-state index in [2.05, 4.69) is 25.0 Å². The van der Waals surface area contributed by atoms with Gasteiger partial charge in [-0.3, -0.25) is 4.68 Å². The zero-order chi connectivity index (χ0) is 24.7. The Kier molecular flexibility index (Phi) is 8.70. The van der Waals surface area contributed by atoms with Gasteiger partial charge >= 0.3 is 0 Å². The van der Waals surface area contributed by atoms with Gasteiger partial charge in [0.05, 0.1) is 23.1 Å². The van der Waals surface area contributed by atoms with Crippen molar-refractivity contribution in [1.29, 1.82) is 0 Å². The minimum absolute atomic E-state index is 0.0994. The molecule has 7 nitrogen and oxygen atoms in total. The van der Waals surface area contributed by atoms with Gasteiger partial charge in [-0.15, -0.1) is 0 Å². The standard InChI is InChI=1S/C15H18F2N4.C6H8N2.C5H10O/c1-9-10(2)21-14-13(20-9)12(18-8-19-14)11-3-5-15(17,7-16)6-4-11;1-4-7-8(5-1)6-2-3-6;1-2-4-6-5-3-1/h8,11H,3-7H2,1-2H3;1,4-6H,2-3H2;1-5H2. The number of alkyl halides is 2. The minimum Gasteiger partial charge on any atom is -0.381 e. The van der Waals surface area contributed by atoms with Crippen LogP contribution in [0.3, 0.4) is 0 Å². The van der Waals surface area contributed by atoms with Crippen molar-refractivity contribution in [3.63, 3.8) is 0 Å². The Morgan fingerprint density at radius 1 is 1.00 bits per heavy atom. The van der Waals surface area contributed by atoms with Gasteiger partial charge in [-0.2, -0.15) is 5.10 Å². The molecule has 4 heterocycles. The van der Waals surface area contributed by atoms with E-state index >= 15 is 0 Å². The number of nitrogens with zero attached hydrogens (tertiary/aromatic N) is 6. The van der Waals surface area contributed by atoms with Gasteiger partial charge in [-0.05, 0) is 77.7 Å². The molecule has 2 saturated carbocycles. The van der Waals surface area contributed by atoms with Gasteiger partial charge in [0, 0.05) is 31.5 Å². The molecule has 3 aliphatic rings. The summed E-state index contributed by atoms with van der Waals surface area (Å²) in [5.74, 6) is 0.0994. The van der Waals surface area contributed by atoms with E-state index in [0.29, 0.717) is 24.0 Å². The Hall–Kier alpha value is -2.55. The molecule has 3 fully saturated rings. The molecule has 3 aromatic heterocycles. The third-order valence-corrected chi connectivity index (χ3v) is 6.94. The Labute approximate surface area is 205 Å². The first-order valence-corrected chi connectivity index (χ1v) is 12.8. The lowest BCUT2D eigenvalue weighted by Gasteiger charge is -2.31. The highest BCUT2D eigenvalue weighted by Gasteiger charge is 2.37.